The van der Waals surface area contributed by atoms with Crippen LogP contribution >= 0.6 is 0 Å². The molecule has 1 aliphatic rings. The van der Waals surface area contributed by atoms with Gasteiger partial charge in [0.1, 0.15) is 5.82 Å². The van der Waals surface area contributed by atoms with Gasteiger partial charge < -0.3 is 10.4 Å². The maximum Gasteiger partial charge on any atom is 0.335 e. The van der Waals surface area contributed by atoms with Gasteiger partial charge in [-0.25, -0.2) is 9.78 Å². The van der Waals surface area contributed by atoms with E-state index >= 15 is 0 Å². The molecule has 0 saturated heterocycles. The Balaban J connectivity index is 2.00. The lowest BCUT2D eigenvalue weighted by Crippen LogP contribution is -2.19. The van der Waals surface area contributed by atoms with Crippen molar-refractivity contribution in [3.63, 3.8) is 0 Å². The molecule has 2 unspecified atom stereocenters. The zero-order valence-electron chi connectivity index (χ0n) is 10.7. The van der Waals surface area contributed by atoms with Gasteiger partial charge in [0.15, 0.2) is 0 Å². The molecule has 1 heterocycles. The van der Waals surface area contributed by atoms with E-state index < -0.39 is 5.97 Å². The molecule has 1 aliphatic carbocycles. The summed E-state index contributed by atoms with van der Waals surface area (Å²) in [5.74, 6) is 0.569. The van der Waals surface area contributed by atoms with Crippen molar-refractivity contribution in [2.24, 2.45) is 5.92 Å². The van der Waals surface area contributed by atoms with Gasteiger partial charge in [0.2, 0.25) is 0 Å². The molecule has 2 atom stereocenters. The average Bonchev–Trinajstić information content (AvgIpc) is 2.55. The minimum atomic E-state index is -0.907. The molecule has 0 aliphatic heterocycles. The highest BCUT2D eigenvalue weighted by molar-refractivity contribution is 5.88. The Labute approximate surface area is 107 Å². The van der Waals surface area contributed by atoms with Crippen LogP contribution in [0.3, 0.4) is 0 Å². The highest BCUT2D eigenvalue weighted by Gasteiger charge is 2.16. The molecule has 98 valence electrons. The van der Waals surface area contributed by atoms with Gasteiger partial charge in [0.25, 0.3) is 0 Å². The summed E-state index contributed by atoms with van der Waals surface area (Å²) in [5, 5.41) is 12.3. The molecule has 0 radical (unpaired) electrons. The Kier molecular flexibility index (Phi) is 4.18. The molecular weight excluding hydrogens is 228 g/mol. The zero-order valence-corrected chi connectivity index (χ0v) is 10.7. The monoisotopic (exact) mass is 248 g/mol. The fourth-order valence-electron chi connectivity index (χ4n) is 2.48. The number of aromatic carboxylic acids is 1. The molecule has 4 nitrogen and oxygen atoms in total. The molecule has 0 aromatic carbocycles. The van der Waals surface area contributed by atoms with Gasteiger partial charge in [-0.15, -0.1) is 0 Å². The standard InChI is InChI=1S/C14H20N2O2/c1-10-3-2-4-12(6-5-10)16-13-9-11(14(17)18)7-8-15-13/h7-10,12H,2-6H2,1H3,(H,15,16)(H,17,18). The number of pyridine rings is 1. The van der Waals surface area contributed by atoms with Crippen LogP contribution < -0.4 is 5.32 Å². The predicted octanol–water partition coefficient (Wildman–Crippen LogP) is 3.16. The number of carboxylic acid groups (broad SMARTS) is 1. The van der Waals surface area contributed by atoms with Gasteiger partial charge >= 0.3 is 5.97 Å². The van der Waals surface area contributed by atoms with Gasteiger partial charge in [-0.3, -0.25) is 0 Å². The van der Waals surface area contributed by atoms with Crippen molar-refractivity contribution in [2.75, 3.05) is 5.32 Å². The molecule has 2 N–H and O–H groups in total. The first-order valence-corrected chi connectivity index (χ1v) is 6.61. The van der Waals surface area contributed by atoms with Crippen molar-refractivity contribution >= 4 is 11.8 Å². The Morgan fingerprint density at radius 1 is 1.39 bits per heavy atom. The van der Waals surface area contributed by atoms with Crippen LogP contribution in [0.5, 0.6) is 0 Å². The van der Waals surface area contributed by atoms with E-state index in [1.165, 1.54) is 25.3 Å². The van der Waals surface area contributed by atoms with Crippen LogP contribution in [0.2, 0.25) is 0 Å². The Morgan fingerprint density at radius 3 is 3.00 bits per heavy atom. The van der Waals surface area contributed by atoms with E-state index in [0.29, 0.717) is 11.9 Å². The van der Waals surface area contributed by atoms with E-state index in [4.69, 9.17) is 5.11 Å². The minimum absolute atomic E-state index is 0.287. The fraction of sp³-hybridized carbons (Fsp3) is 0.571. The number of anilines is 1. The van der Waals surface area contributed by atoms with E-state index in [-0.39, 0.29) is 5.56 Å². The van der Waals surface area contributed by atoms with Crippen LogP contribution in [-0.2, 0) is 0 Å². The highest BCUT2D eigenvalue weighted by Crippen LogP contribution is 2.24. The third-order valence-corrected chi connectivity index (χ3v) is 3.62. The number of aromatic nitrogens is 1. The maximum absolute atomic E-state index is 10.9. The molecule has 4 heteroatoms. The summed E-state index contributed by atoms with van der Waals surface area (Å²) in [7, 11) is 0. The lowest BCUT2D eigenvalue weighted by Gasteiger charge is -2.17. The summed E-state index contributed by atoms with van der Waals surface area (Å²) in [6.45, 7) is 2.30. The van der Waals surface area contributed by atoms with Gasteiger partial charge in [-0.2, -0.15) is 0 Å². The first-order chi connectivity index (χ1) is 8.65. The number of nitrogens with zero attached hydrogens (tertiary/aromatic N) is 1. The average molecular weight is 248 g/mol. The molecule has 2 rings (SSSR count). The fourth-order valence-corrected chi connectivity index (χ4v) is 2.48. The van der Waals surface area contributed by atoms with Gasteiger partial charge in [-0.1, -0.05) is 19.8 Å². The van der Waals surface area contributed by atoms with Crippen LogP contribution in [0.4, 0.5) is 5.82 Å². The molecule has 1 aromatic heterocycles. The van der Waals surface area contributed by atoms with E-state index in [9.17, 15) is 4.79 Å². The third-order valence-electron chi connectivity index (χ3n) is 3.62. The number of carbonyl (C=O) groups is 1. The van der Waals surface area contributed by atoms with Crippen molar-refractivity contribution in [1.29, 1.82) is 0 Å². The van der Waals surface area contributed by atoms with E-state index in [1.54, 1.807) is 12.3 Å². The van der Waals surface area contributed by atoms with Gasteiger partial charge in [0, 0.05) is 12.2 Å². The van der Waals surface area contributed by atoms with Crippen molar-refractivity contribution < 1.29 is 9.90 Å². The zero-order chi connectivity index (χ0) is 13.0. The Hall–Kier alpha value is -1.58. The van der Waals surface area contributed by atoms with E-state index in [0.717, 1.165) is 18.8 Å². The summed E-state index contributed by atoms with van der Waals surface area (Å²) < 4.78 is 0. The molecule has 1 saturated carbocycles. The molecule has 0 bridgehead atoms. The second-order valence-corrected chi connectivity index (χ2v) is 5.19. The number of carboxylic acids is 1. The highest BCUT2D eigenvalue weighted by atomic mass is 16.4. The molecular formula is C14H20N2O2. The largest absolute Gasteiger partial charge is 0.478 e. The van der Waals surface area contributed by atoms with Gasteiger partial charge in [-0.05, 0) is 37.3 Å². The molecule has 0 spiro atoms. The Bertz CT molecular complexity index is 420. The summed E-state index contributed by atoms with van der Waals surface area (Å²) in [4.78, 5) is 15.1. The van der Waals surface area contributed by atoms with Crippen LogP contribution in [0, 0.1) is 5.92 Å². The van der Waals surface area contributed by atoms with Gasteiger partial charge in [0.05, 0.1) is 5.56 Å². The topological polar surface area (TPSA) is 62.2 Å². The first-order valence-electron chi connectivity index (χ1n) is 6.61. The molecule has 18 heavy (non-hydrogen) atoms. The lowest BCUT2D eigenvalue weighted by atomic mass is 10.0. The molecule has 0 amide bonds. The third kappa shape index (κ3) is 3.45. The number of hydrogen-bond acceptors (Lipinski definition) is 3. The minimum Gasteiger partial charge on any atom is -0.478 e. The number of nitrogens with one attached hydrogen (secondary N) is 1. The summed E-state index contributed by atoms with van der Waals surface area (Å²) in [5.41, 5.74) is 0.287. The SMILES string of the molecule is CC1CCCC(Nc2cc(C(=O)O)ccn2)CC1. The quantitative estimate of drug-likeness (QED) is 0.806. The van der Waals surface area contributed by atoms with E-state index in [2.05, 4.69) is 17.2 Å². The summed E-state index contributed by atoms with van der Waals surface area (Å²) in [6.07, 6.45) is 7.59. The summed E-state index contributed by atoms with van der Waals surface area (Å²) >= 11 is 0. The predicted molar refractivity (Wildman–Crippen MR) is 70.9 cm³/mol. The van der Waals surface area contributed by atoms with Crippen LogP contribution in [0.25, 0.3) is 0 Å². The van der Waals surface area contributed by atoms with Crippen molar-refractivity contribution in [1.82, 2.24) is 4.98 Å². The molecule has 1 aromatic rings. The van der Waals surface area contributed by atoms with Crippen molar-refractivity contribution in [3.05, 3.63) is 23.9 Å². The first kappa shape index (κ1) is 12.9. The normalized spacial score (nSPS) is 24.3. The second kappa shape index (κ2) is 5.85. The lowest BCUT2D eigenvalue weighted by molar-refractivity contribution is 0.0697. The maximum atomic E-state index is 10.9. The van der Waals surface area contributed by atoms with Crippen LogP contribution in [0.1, 0.15) is 49.4 Å². The number of hydrogen-bond donors (Lipinski definition) is 2. The van der Waals surface area contributed by atoms with Crippen LogP contribution in [0.15, 0.2) is 18.3 Å². The van der Waals surface area contributed by atoms with Crippen molar-refractivity contribution in [3.8, 4) is 0 Å². The number of rotatable bonds is 3. The van der Waals surface area contributed by atoms with Crippen molar-refractivity contribution in [2.45, 2.75) is 45.1 Å². The van der Waals surface area contributed by atoms with Crippen LogP contribution in [-0.4, -0.2) is 22.1 Å². The summed E-state index contributed by atoms with van der Waals surface area (Å²) in [6, 6.07) is 3.55. The molecule has 1 fully saturated rings. The second-order valence-electron chi connectivity index (χ2n) is 5.19. The Morgan fingerprint density at radius 2 is 2.22 bits per heavy atom. The smallest absolute Gasteiger partial charge is 0.335 e. The van der Waals surface area contributed by atoms with E-state index in [1.807, 2.05) is 0 Å².